The van der Waals surface area contributed by atoms with Crippen LogP contribution in [0.5, 0.6) is 0 Å². The second-order valence-corrected chi connectivity index (χ2v) is 6.26. The van der Waals surface area contributed by atoms with E-state index in [0.717, 1.165) is 45.1 Å². The summed E-state index contributed by atoms with van der Waals surface area (Å²) in [6.45, 7) is 2.55. The summed E-state index contributed by atoms with van der Waals surface area (Å²) in [4.78, 5) is 23.5. The van der Waals surface area contributed by atoms with Crippen LogP contribution < -0.4 is 5.32 Å². The highest BCUT2D eigenvalue weighted by atomic mass is 16.5. The molecule has 0 aromatic carbocycles. The lowest BCUT2D eigenvalue weighted by atomic mass is 9.71. The van der Waals surface area contributed by atoms with Crippen molar-refractivity contribution >= 4 is 11.9 Å². The van der Waals surface area contributed by atoms with Crippen molar-refractivity contribution < 1.29 is 19.4 Å². The average Bonchev–Trinajstić information content (AvgIpc) is 2.92. The van der Waals surface area contributed by atoms with E-state index in [9.17, 15) is 14.7 Å². The molecule has 0 aromatic heterocycles. The number of amides is 1. The fourth-order valence-corrected chi connectivity index (χ4v) is 3.25. The number of hydrogen-bond donors (Lipinski definition) is 2. The SMILES string of the molecule is CC1(C(=O)O)CCCCC1NC(=O)CCC1CCCO1. The van der Waals surface area contributed by atoms with Gasteiger partial charge in [-0.25, -0.2) is 0 Å². The van der Waals surface area contributed by atoms with E-state index in [1.807, 2.05) is 0 Å². The first-order chi connectivity index (χ1) is 9.52. The van der Waals surface area contributed by atoms with E-state index >= 15 is 0 Å². The molecule has 3 atom stereocenters. The topological polar surface area (TPSA) is 75.6 Å². The van der Waals surface area contributed by atoms with Crippen LogP contribution in [0.2, 0.25) is 0 Å². The minimum atomic E-state index is -0.822. The van der Waals surface area contributed by atoms with Crippen LogP contribution in [0.1, 0.15) is 58.3 Å². The van der Waals surface area contributed by atoms with Gasteiger partial charge in [0.1, 0.15) is 0 Å². The summed E-state index contributed by atoms with van der Waals surface area (Å²) in [6.07, 6.45) is 6.78. The Morgan fingerprint density at radius 2 is 2.10 bits per heavy atom. The van der Waals surface area contributed by atoms with Gasteiger partial charge in [0, 0.05) is 19.1 Å². The van der Waals surface area contributed by atoms with E-state index in [2.05, 4.69) is 5.32 Å². The smallest absolute Gasteiger partial charge is 0.311 e. The van der Waals surface area contributed by atoms with Gasteiger partial charge in [0.25, 0.3) is 0 Å². The molecule has 2 aliphatic rings. The highest BCUT2D eigenvalue weighted by molar-refractivity contribution is 5.79. The molecule has 1 saturated heterocycles. The molecule has 1 amide bonds. The highest BCUT2D eigenvalue weighted by Gasteiger charge is 2.43. The number of rotatable bonds is 5. The molecule has 5 heteroatoms. The molecule has 0 spiro atoms. The Kier molecular flexibility index (Phi) is 5.02. The maximum absolute atomic E-state index is 12.0. The average molecular weight is 283 g/mol. The summed E-state index contributed by atoms with van der Waals surface area (Å²) >= 11 is 0. The van der Waals surface area contributed by atoms with Crippen molar-refractivity contribution in [2.45, 2.75) is 70.4 Å². The lowest BCUT2D eigenvalue weighted by molar-refractivity contribution is -0.152. The van der Waals surface area contributed by atoms with Gasteiger partial charge in [-0.2, -0.15) is 0 Å². The maximum Gasteiger partial charge on any atom is 0.311 e. The number of aliphatic carboxylic acids is 1. The van der Waals surface area contributed by atoms with Crippen LogP contribution in [0.3, 0.4) is 0 Å². The molecule has 20 heavy (non-hydrogen) atoms. The molecule has 0 aromatic rings. The lowest BCUT2D eigenvalue weighted by Crippen LogP contribution is -2.52. The molecule has 3 unspecified atom stereocenters. The third kappa shape index (κ3) is 3.51. The zero-order valence-corrected chi connectivity index (χ0v) is 12.2. The molecule has 1 heterocycles. The van der Waals surface area contributed by atoms with Gasteiger partial charge in [-0.3, -0.25) is 9.59 Å². The number of carbonyl (C=O) groups excluding carboxylic acids is 1. The van der Waals surface area contributed by atoms with Crippen LogP contribution in [0.25, 0.3) is 0 Å². The number of hydrogen-bond acceptors (Lipinski definition) is 3. The van der Waals surface area contributed by atoms with Gasteiger partial charge in [-0.15, -0.1) is 0 Å². The van der Waals surface area contributed by atoms with Crippen LogP contribution in [0, 0.1) is 5.41 Å². The quantitative estimate of drug-likeness (QED) is 0.810. The molecule has 2 rings (SSSR count). The first-order valence-corrected chi connectivity index (χ1v) is 7.67. The molecular weight excluding hydrogens is 258 g/mol. The van der Waals surface area contributed by atoms with Crippen molar-refractivity contribution in [3.63, 3.8) is 0 Å². The first kappa shape index (κ1) is 15.3. The molecule has 2 fully saturated rings. The Morgan fingerprint density at radius 1 is 1.30 bits per heavy atom. The third-order valence-electron chi connectivity index (χ3n) is 4.75. The molecule has 0 radical (unpaired) electrons. The minimum Gasteiger partial charge on any atom is -0.481 e. The van der Waals surface area contributed by atoms with Crippen molar-refractivity contribution in [2.24, 2.45) is 5.41 Å². The number of carbonyl (C=O) groups is 2. The minimum absolute atomic E-state index is 0.0418. The Morgan fingerprint density at radius 3 is 2.75 bits per heavy atom. The molecular formula is C15H25NO4. The van der Waals surface area contributed by atoms with Gasteiger partial charge >= 0.3 is 5.97 Å². The van der Waals surface area contributed by atoms with E-state index in [1.54, 1.807) is 6.92 Å². The number of nitrogens with one attached hydrogen (secondary N) is 1. The van der Waals surface area contributed by atoms with Gasteiger partial charge in [-0.05, 0) is 39.0 Å². The highest BCUT2D eigenvalue weighted by Crippen LogP contribution is 2.36. The zero-order chi connectivity index (χ0) is 14.6. The summed E-state index contributed by atoms with van der Waals surface area (Å²) in [5.41, 5.74) is -0.822. The Labute approximate surface area is 120 Å². The van der Waals surface area contributed by atoms with Crippen LogP contribution in [0.4, 0.5) is 0 Å². The van der Waals surface area contributed by atoms with Crippen LogP contribution in [-0.4, -0.2) is 35.7 Å². The molecule has 1 aliphatic heterocycles. The number of carboxylic acids is 1. The summed E-state index contributed by atoms with van der Waals surface area (Å²) < 4.78 is 5.50. The van der Waals surface area contributed by atoms with Crippen molar-refractivity contribution in [1.82, 2.24) is 5.32 Å². The second kappa shape index (κ2) is 6.57. The van der Waals surface area contributed by atoms with Gasteiger partial charge in [0.15, 0.2) is 0 Å². The molecule has 2 N–H and O–H groups in total. The maximum atomic E-state index is 12.0. The Balaban J connectivity index is 1.83. The zero-order valence-electron chi connectivity index (χ0n) is 12.2. The van der Waals surface area contributed by atoms with Crippen molar-refractivity contribution in [2.75, 3.05) is 6.61 Å². The lowest BCUT2D eigenvalue weighted by Gasteiger charge is -2.38. The van der Waals surface area contributed by atoms with Crippen LogP contribution in [-0.2, 0) is 14.3 Å². The summed E-state index contributed by atoms with van der Waals surface area (Å²) in [5.74, 6) is -0.846. The predicted molar refractivity (Wildman–Crippen MR) is 74.3 cm³/mol. The van der Waals surface area contributed by atoms with E-state index < -0.39 is 11.4 Å². The Bertz CT molecular complexity index is 365. The Hall–Kier alpha value is -1.10. The molecule has 1 aliphatic carbocycles. The largest absolute Gasteiger partial charge is 0.481 e. The summed E-state index contributed by atoms with van der Waals surface area (Å²) in [6, 6.07) is -0.245. The molecule has 1 saturated carbocycles. The summed E-state index contributed by atoms with van der Waals surface area (Å²) in [5, 5.41) is 12.4. The van der Waals surface area contributed by atoms with Crippen molar-refractivity contribution in [3.05, 3.63) is 0 Å². The fraction of sp³-hybridized carbons (Fsp3) is 0.867. The van der Waals surface area contributed by atoms with E-state index in [0.29, 0.717) is 12.8 Å². The monoisotopic (exact) mass is 283 g/mol. The van der Waals surface area contributed by atoms with Crippen molar-refractivity contribution in [1.29, 1.82) is 0 Å². The molecule has 0 bridgehead atoms. The standard InChI is InChI=1S/C15H25NO4/c1-15(14(18)19)9-3-2-6-12(15)16-13(17)8-7-11-5-4-10-20-11/h11-12H,2-10H2,1H3,(H,16,17)(H,18,19). The van der Waals surface area contributed by atoms with Gasteiger partial charge in [0.05, 0.1) is 11.5 Å². The van der Waals surface area contributed by atoms with E-state index in [4.69, 9.17) is 4.74 Å². The molecule has 114 valence electrons. The van der Waals surface area contributed by atoms with E-state index in [1.165, 1.54) is 0 Å². The number of carboxylic acid groups (broad SMARTS) is 1. The van der Waals surface area contributed by atoms with Gasteiger partial charge in [0.2, 0.25) is 5.91 Å². The normalized spacial score (nSPS) is 33.9. The second-order valence-electron chi connectivity index (χ2n) is 6.26. The van der Waals surface area contributed by atoms with Gasteiger partial charge in [-0.1, -0.05) is 12.8 Å². The van der Waals surface area contributed by atoms with Crippen LogP contribution in [0.15, 0.2) is 0 Å². The first-order valence-electron chi connectivity index (χ1n) is 7.67. The summed E-state index contributed by atoms with van der Waals surface area (Å²) in [7, 11) is 0. The number of ether oxygens (including phenoxy) is 1. The van der Waals surface area contributed by atoms with Crippen LogP contribution >= 0.6 is 0 Å². The van der Waals surface area contributed by atoms with E-state index in [-0.39, 0.29) is 18.1 Å². The third-order valence-corrected chi connectivity index (χ3v) is 4.75. The molecule has 5 nitrogen and oxygen atoms in total. The van der Waals surface area contributed by atoms with Crippen molar-refractivity contribution in [3.8, 4) is 0 Å². The van der Waals surface area contributed by atoms with Gasteiger partial charge < -0.3 is 15.2 Å². The fourth-order valence-electron chi connectivity index (χ4n) is 3.25. The predicted octanol–water partition coefficient (Wildman–Crippen LogP) is 2.10.